The van der Waals surface area contributed by atoms with Crippen LogP contribution in [-0.2, 0) is 0 Å². The molecule has 0 aliphatic carbocycles. The molecule has 0 heterocycles. The van der Waals surface area contributed by atoms with Crippen molar-refractivity contribution in [1.29, 1.82) is 5.41 Å². The van der Waals surface area contributed by atoms with E-state index in [0.29, 0.717) is 0 Å². The molecule has 1 heteroatoms. The molecule has 8 heavy (non-hydrogen) atoms. The molecule has 0 saturated heterocycles. The van der Waals surface area contributed by atoms with E-state index < -0.39 is 0 Å². The lowest BCUT2D eigenvalue weighted by molar-refractivity contribution is 1.57. The lowest BCUT2D eigenvalue weighted by atomic mass is 10.3. The highest BCUT2D eigenvalue weighted by Crippen LogP contribution is 1.89. The molecule has 0 spiro atoms. The summed E-state index contributed by atoms with van der Waals surface area (Å²) in [4.78, 5) is 0. The van der Waals surface area contributed by atoms with Crippen LogP contribution in [0.5, 0.6) is 0 Å². The van der Waals surface area contributed by atoms with Gasteiger partial charge in [-0.15, -0.1) is 0 Å². The van der Waals surface area contributed by atoms with Crippen LogP contribution in [0.2, 0.25) is 0 Å². The third-order valence-electron chi connectivity index (χ3n) is 0.669. The van der Waals surface area contributed by atoms with E-state index in [1.165, 1.54) is 6.21 Å². The standard InChI is InChI=1S/C7H9N/c1-3-7(2)5-4-6-8/h3-6,8H,1-2H2/b5-4-,8-6?. The van der Waals surface area contributed by atoms with Crippen molar-refractivity contribution in [3.05, 3.63) is 37.0 Å². The van der Waals surface area contributed by atoms with Gasteiger partial charge < -0.3 is 5.41 Å². The van der Waals surface area contributed by atoms with E-state index in [-0.39, 0.29) is 0 Å². The highest BCUT2D eigenvalue weighted by atomic mass is 14.3. The molecule has 0 rings (SSSR count). The first-order chi connectivity index (χ1) is 3.81. The summed E-state index contributed by atoms with van der Waals surface area (Å²) >= 11 is 0. The van der Waals surface area contributed by atoms with Crippen molar-refractivity contribution in [2.75, 3.05) is 0 Å². The van der Waals surface area contributed by atoms with E-state index in [0.717, 1.165) is 5.57 Å². The summed E-state index contributed by atoms with van der Waals surface area (Å²) in [7, 11) is 0. The number of nitrogens with one attached hydrogen (secondary N) is 1. The Labute approximate surface area is 49.5 Å². The molecule has 0 atom stereocenters. The average Bonchev–Trinajstić information content (AvgIpc) is 1.83. The molecule has 0 aliphatic heterocycles. The van der Waals surface area contributed by atoms with Crippen LogP contribution in [0.4, 0.5) is 0 Å². The fraction of sp³-hybridized carbons (Fsp3) is 0. The molecule has 0 aromatic carbocycles. The fourth-order valence-corrected chi connectivity index (χ4v) is 0.240. The first-order valence-electron chi connectivity index (χ1n) is 2.29. The van der Waals surface area contributed by atoms with Gasteiger partial charge in [0.1, 0.15) is 0 Å². The van der Waals surface area contributed by atoms with Crippen LogP contribution >= 0.6 is 0 Å². The van der Waals surface area contributed by atoms with Crippen LogP contribution < -0.4 is 0 Å². The summed E-state index contributed by atoms with van der Waals surface area (Å²) in [5.74, 6) is 0. The molecule has 0 aromatic rings. The summed E-state index contributed by atoms with van der Waals surface area (Å²) < 4.78 is 0. The van der Waals surface area contributed by atoms with Gasteiger partial charge >= 0.3 is 0 Å². The van der Waals surface area contributed by atoms with Crippen LogP contribution in [0.1, 0.15) is 0 Å². The molecule has 1 nitrogen and oxygen atoms in total. The van der Waals surface area contributed by atoms with Crippen LogP contribution in [0.25, 0.3) is 0 Å². The van der Waals surface area contributed by atoms with Crippen LogP contribution in [0.15, 0.2) is 37.0 Å². The van der Waals surface area contributed by atoms with Gasteiger partial charge in [0.15, 0.2) is 0 Å². The third kappa shape index (κ3) is 3.09. The quantitative estimate of drug-likeness (QED) is 0.421. The Morgan fingerprint density at radius 3 is 2.50 bits per heavy atom. The average molecular weight is 107 g/mol. The van der Waals surface area contributed by atoms with E-state index in [4.69, 9.17) is 5.41 Å². The van der Waals surface area contributed by atoms with E-state index in [2.05, 4.69) is 13.2 Å². The Balaban J connectivity index is 3.69. The molecule has 0 unspecified atom stereocenters. The SMILES string of the molecule is C=CC(=C)/C=C\C=N. The molecular formula is C7H9N. The second-order valence-corrected chi connectivity index (χ2v) is 1.30. The zero-order valence-corrected chi connectivity index (χ0v) is 4.72. The third-order valence-corrected chi connectivity index (χ3v) is 0.669. The number of rotatable bonds is 3. The minimum absolute atomic E-state index is 0.827. The molecule has 0 saturated carbocycles. The van der Waals surface area contributed by atoms with Crippen molar-refractivity contribution in [2.45, 2.75) is 0 Å². The molecule has 0 aliphatic rings. The summed E-state index contributed by atoms with van der Waals surface area (Å²) in [5.41, 5.74) is 0.827. The lowest BCUT2D eigenvalue weighted by Gasteiger charge is -1.80. The zero-order valence-electron chi connectivity index (χ0n) is 4.72. The summed E-state index contributed by atoms with van der Waals surface area (Å²) in [6, 6.07) is 0. The van der Waals surface area contributed by atoms with Crippen LogP contribution in [-0.4, -0.2) is 6.21 Å². The van der Waals surface area contributed by atoms with E-state index in [1.54, 1.807) is 18.2 Å². The summed E-state index contributed by atoms with van der Waals surface area (Å²) in [6.45, 7) is 7.09. The number of allylic oxidation sites excluding steroid dienone is 4. The maximum absolute atomic E-state index is 6.58. The Morgan fingerprint density at radius 1 is 1.50 bits per heavy atom. The van der Waals surface area contributed by atoms with E-state index >= 15 is 0 Å². The van der Waals surface area contributed by atoms with Crippen molar-refractivity contribution in [3.63, 3.8) is 0 Å². The summed E-state index contributed by atoms with van der Waals surface area (Å²) in [6.07, 6.45) is 6.17. The van der Waals surface area contributed by atoms with Crippen molar-refractivity contribution in [3.8, 4) is 0 Å². The highest BCUT2D eigenvalue weighted by Gasteiger charge is 1.70. The van der Waals surface area contributed by atoms with E-state index in [9.17, 15) is 0 Å². The predicted octanol–water partition coefficient (Wildman–Crippen LogP) is 1.93. The molecule has 0 fully saturated rings. The monoisotopic (exact) mass is 107 g/mol. The first-order valence-corrected chi connectivity index (χ1v) is 2.29. The second-order valence-electron chi connectivity index (χ2n) is 1.30. The molecular weight excluding hydrogens is 98.1 g/mol. The normalized spacial score (nSPS) is 9.00. The maximum atomic E-state index is 6.58. The predicted molar refractivity (Wildman–Crippen MR) is 37.3 cm³/mol. The van der Waals surface area contributed by atoms with Crippen LogP contribution in [0.3, 0.4) is 0 Å². The van der Waals surface area contributed by atoms with Crippen molar-refractivity contribution in [2.24, 2.45) is 0 Å². The van der Waals surface area contributed by atoms with Gasteiger partial charge in [0.25, 0.3) is 0 Å². The van der Waals surface area contributed by atoms with Gasteiger partial charge in [-0.25, -0.2) is 0 Å². The number of hydrogen-bond donors (Lipinski definition) is 1. The molecule has 0 aromatic heterocycles. The molecule has 42 valence electrons. The van der Waals surface area contributed by atoms with Gasteiger partial charge in [-0.3, -0.25) is 0 Å². The molecule has 0 radical (unpaired) electrons. The zero-order chi connectivity index (χ0) is 6.41. The van der Waals surface area contributed by atoms with Gasteiger partial charge in [-0.1, -0.05) is 25.3 Å². The Bertz CT molecular complexity index is 131. The summed E-state index contributed by atoms with van der Waals surface area (Å²) in [5, 5.41) is 6.58. The van der Waals surface area contributed by atoms with Gasteiger partial charge in [-0.2, -0.15) is 0 Å². The van der Waals surface area contributed by atoms with Gasteiger partial charge in [-0.05, 0) is 11.6 Å². The minimum atomic E-state index is 0.827. The van der Waals surface area contributed by atoms with Crippen molar-refractivity contribution < 1.29 is 0 Å². The maximum Gasteiger partial charge on any atom is 0.0177 e. The van der Waals surface area contributed by atoms with Crippen molar-refractivity contribution >= 4 is 6.21 Å². The van der Waals surface area contributed by atoms with Crippen molar-refractivity contribution in [1.82, 2.24) is 0 Å². The first kappa shape index (κ1) is 6.89. The molecule has 0 bridgehead atoms. The largest absolute Gasteiger partial charge is 0.309 e. The second kappa shape index (κ2) is 4.06. The topological polar surface area (TPSA) is 23.9 Å². The smallest absolute Gasteiger partial charge is 0.0177 e. The van der Waals surface area contributed by atoms with E-state index in [1.807, 2.05) is 0 Å². The fourth-order valence-electron chi connectivity index (χ4n) is 0.240. The molecule has 1 N–H and O–H groups in total. The lowest BCUT2D eigenvalue weighted by Crippen LogP contribution is -1.63. The number of hydrogen-bond acceptors (Lipinski definition) is 1. The van der Waals surface area contributed by atoms with Gasteiger partial charge in [0, 0.05) is 6.21 Å². The van der Waals surface area contributed by atoms with Gasteiger partial charge in [0.05, 0.1) is 0 Å². The Morgan fingerprint density at radius 2 is 2.12 bits per heavy atom. The van der Waals surface area contributed by atoms with Crippen LogP contribution in [0, 0.1) is 5.41 Å². The highest BCUT2D eigenvalue weighted by molar-refractivity contribution is 5.68. The Kier molecular flexibility index (Phi) is 3.50. The molecule has 0 amide bonds. The Hall–Kier alpha value is -1.11. The van der Waals surface area contributed by atoms with Gasteiger partial charge in [0.2, 0.25) is 0 Å². The minimum Gasteiger partial charge on any atom is -0.309 e.